The van der Waals surface area contributed by atoms with Crippen molar-refractivity contribution in [2.75, 3.05) is 19.6 Å². The molecular formula is C18H27N5. The zero-order valence-corrected chi connectivity index (χ0v) is 14.7. The number of aromatic nitrogens is 4. The van der Waals surface area contributed by atoms with Crippen LogP contribution >= 0.6 is 0 Å². The Bertz CT molecular complexity index is 661. The van der Waals surface area contributed by atoms with Crippen LogP contribution in [0.3, 0.4) is 0 Å². The maximum absolute atomic E-state index is 4.85. The number of piperidine rings is 1. The van der Waals surface area contributed by atoms with Gasteiger partial charge in [0.15, 0.2) is 5.82 Å². The lowest BCUT2D eigenvalue weighted by molar-refractivity contribution is 0.184. The Labute approximate surface area is 138 Å². The molecule has 0 amide bonds. The number of likely N-dealkylation sites (tertiary alicyclic amines) is 1. The van der Waals surface area contributed by atoms with Gasteiger partial charge >= 0.3 is 0 Å². The van der Waals surface area contributed by atoms with E-state index in [1.807, 2.05) is 37.0 Å². The molecule has 23 heavy (non-hydrogen) atoms. The lowest BCUT2D eigenvalue weighted by atomic mass is 9.96. The molecule has 3 heterocycles. The van der Waals surface area contributed by atoms with Crippen LogP contribution in [0.5, 0.6) is 0 Å². The van der Waals surface area contributed by atoms with Gasteiger partial charge in [0, 0.05) is 44.1 Å². The molecule has 0 radical (unpaired) electrons. The van der Waals surface area contributed by atoms with Gasteiger partial charge in [0.1, 0.15) is 11.5 Å². The molecule has 0 saturated carbocycles. The van der Waals surface area contributed by atoms with Crippen LogP contribution in [0.15, 0.2) is 18.5 Å². The Morgan fingerprint density at radius 2 is 2.13 bits per heavy atom. The van der Waals surface area contributed by atoms with E-state index in [0.717, 1.165) is 36.1 Å². The lowest BCUT2D eigenvalue weighted by Gasteiger charge is -2.33. The summed E-state index contributed by atoms with van der Waals surface area (Å²) in [6.07, 6.45) is 6.18. The third-order valence-electron chi connectivity index (χ3n) is 4.42. The van der Waals surface area contributed by atoms with E-state index in [-0.39, 0.29) is 0 Å². The van der Waals surface area contributed by atoms with Crippen LogP contribution in [0, 0.1) is 12.8 Å². The fourth-order valence-corrected chi connectivity index (χ4v) is 3.45. The quantitative estimate of drug-likeness (QED) is 0.870. The molecule has 1 unspecified atom stereocenters. The van der Waals surface area contributed by atoms with Crippen molar-refractivity contribution >= 4 is 0 Å². The second kappa shape index (κ2) is 6.79. The average molecular weight is 313 g/mol. The minimum absolute atomic E-state index is 0.432. The van der Waals surface area contributed by atoms with Gasteiger partial charge in [0.2, 0.25) is 0 Å². The molecule has 0 aromatic carbocycles. The van der Waals surface area contributed by atoms with E-state index < -0.39 is 0 Å². The van der Waals surface area contributed by atoms with Crippen molar-refractivity contribution < 1.29 is 0 Å². The van der Waals surface area contributed by atoms with Gasteiger partial charge in [-0.25, -0.2) is 15.0 Å². The molecule has 5 heteroatoms. The summed E-state index contributed by atoms with van der Waals surface area (Å²) in [4.78, 5) is 16.6. The maximum atomic E-state index is 4.85. The number of rotatable bonds is 4. The van der Waals surface area contributed by atoms with Crippen molar-refractivity contribution in [1.29, 1.82) is 0 Å². The Kier molecular flexibility index (Phi) is 4.76. The normalized spacial score (nSPS) is 19.4. The predicted molar refractivity (Wildman–Crippen MR) is 92.2 cm³/mol. The van der Waals surface area contributed by atoms with Gasteiger partial charge in [-0.3, -0.25) is 0 Å². The summed E-state index contributed by atoms with van der Waals surface area (Å²) in [5.41, 5.74) is 1.95. The van der Waals surface area contributed by atoms with Crippen LogP contribution in [0.1, 0.15) is 44.1 Å². The van der Waals surface area contributed by atoms with Crippen LogP contribution in [-0.4, -0.2) is 44.1 Å². The highest BCUT2D eigenvalue weighted by molar-refractivity contribution is 5.50. The molecule has 0 aliphatic carbocycles. The second-order valence-electron chi connectivity index (χ2n) is 7.11. The zero-order valence-electron chi connectivity index (χ0n) is 14.7. The third-order valence-corrected chi connectivity index (χ3v) is 4.42. The summed E-state index contributed by atoms with van der Waals surface area (Å²) in [5.74, 6) is 3.03. The summed E-state index contributed by atoms with van der Waals surface area (Å²) in [6.45, 7) is 10.0. The fraction of sp³-hybridized carbons (Fsp3) is 0.611. The van der Waals surface area contributed by atoms with Crippen LogP contribution in [0.2, 0.25) is 0 Å². The first-order valence-electron chi connectivity index (χ1n) is 8.58. The van der Waals surface area contributed by atoms with Gasteiger partial charge in [-0.15, -0.1) is 0 Å². The summed E-state index contributed by atoms with van der Waals surface area (Å²) in [7, 11) is 2.00. The highest BCUT2D eigenvalue weighted by Gasteiger charge is 2.24. The first-order valence-corrected chi connectivity index (χ1v) is 8.58. The molecule has 2 aromatic heterocycles. The van der Waals surface area contributed by atoms with Gasteiger partial charge in [-0.05, 0) is 38.3 Å². The molecule has 0 N–H and O–H groups in total. The molecule has 1 saturated heterocycles. The third kappa shape index (κ3) is 3.78. The molecular weight excluding hydrogens is 286 g/mol. The van der Waals surface area contributed by atoms with E-state index in [1.165, 1.54) is 19.4 Å². The van der Waals surface area contributed by atoms with Crippen LogP contribution < -0.4 is 0 Å². The van der Waals surface area contributed by atoms with Crippen molar-refractivity contribution in [3.63, 3.8) is 0 Å². The largest absolute Gasteiger partial charge is 0.333 e. The van der Waals surface area contributed by atoms with Gasteiger partial charge in [0.05, 0.1) is 0 Å². The van der Waals surface area contributed by atoms with Crippen molar-refractivity contribution in [1.82, 2.24) is 24.4 Å². The number of aryl methyl sites for hydroxylation is 2. The fourth-order valence-electron chi connectivity index (χ4n) is 3.45. The molecule has 1 atom stereocenters. The number of hydrogen-bond donors (Lipinski definition) is 0. The lowest BCUT2D eigenvalue weighted by Crippen LogP contribution is -2.37. The smallest absolute Gasteiger partial charge is 0.158 e. The standard InChI is InChI=1S/C18H27N5/c1-13(2)11-23-8-5-6-15(12-23)17-20-14(3)10-16(21-17)18-19-7-9-22(18)4/h7,9-10,13,15H,5-6,8,11-12H2,1-4H3. The van der Waals surface area contributed by atoms with Crippen LogP contribution in [-0.2, 0) is 7.05 Å². The van der Waals surface area contributed by atoms with Crippen molar-refractivity contribution in [2.45, 2.75) is 39.5 Å². The first kappa shape index (κ1) is 16.1. The topological polar surface area (TPSA) is 46.8 Å². The molecule has 1 aliphatic heterocycles. The highest BCUT2D eigenvalue weighted by atomic mass is 15.1. The average Bonchev–Trinajstić information content (AvgIpc) is 2.92. The Morgan fingerprint density at radius 1 is 1.30 bits per heavy atom. The summed E-state index contributed by atoms with van der Waals surface area (Å²) >= 11 is 0. The zero-order chi connectivity index (χ0) is 16.4. The maximum Gasteiger partial charge on any atom is 0.158 e. The Hall–Kier alpha value is -1.75. The molecule has 124 valence electrons. The molecule has 0 bridgehead atoms. The predicted octanol–water partition coefficient (Wildman–Crippen LogP) is 3.02. The molecule has 2 aromatic rings. The Balaban J connectivity index is 1.85. The van der Waals surface area contributed by atoms with Crippen molar-refractivity contribution in [3.05, 3.63) is 30.0 Å². The van der Waals surface area contributed by atoms with Crippen molar-refractivity contribution in [3.8, 4) is 11.5 Å². The van der Waals surface area contributed by atoms with Gasteiger partial charge in [0.25, 0.3) is 0 Å². The first-order chi connectivity index (χ1) is 11.0. The number of hydrogen-bond acceptors (Lipinski definition) is 4. The van der Waals surface area contributed by atoms with Gasteiger partial charge < -0.3 is 9.47 Å². The molecule has 3 rings (SSSR count). The van der Waals surface area contributed by atoms with E-state index in [2.05, 4.69) is 23.7 Å². The van der Waals surface area contributed by atoms with E-state index in [4.69, 9.17) is 9.97 Å². The number of imidazole rings is 1. The Morgan fingerprint density at radius 3 is 2.83 bits per heavy atom. The number of nitrogens with zero attached hydrogens (tertiary/aromatic N) is 5. The van der Waals surface area contributed by atoms with Crippen LogP contribution in [0.4, 0.5) is 0 Å². The van der Waals surface area contributed by atoms with E-state index in [0.29, 0.717) is 11.8 Å². The second-order valence-corrected chi connectivity index (χ2v) is 7.11. The van der Waals surface area contributed by atoms with E-state index in [1.54, 1.807) is 0 Å². The minimum atomic E-state index is 0.432. The van der Waals surface area contributed by atoms with E-state index in [9.17, 15) is 0 Å². The summed E-state index contributed by atoms with van der Waals surface area (Å²) < 4.78 is 2.01. The molecule has 1 aliphatic rings. The molecule has 1 fully saturated rings. The van der Waals surface area contributed by atoms with E-state index >= 15 is 0 Å². The van der Waals surface area contributed by atoms with Crippen molar-refractivity contribution in [2.24, 2.45) is 13.0 Å². The molecule has 0 spiro atoms. The summed E-state index contributed by atoms with van der Waals surface area (Å²) in [6, 6.07) is 2.03. The van der Waals surface area contributed by atoms with Gasteiger partial charge in [-0.1, -0.05) is 13.8 Å². The SMILES string of the molecule is Cc1cc(-c2nccn2C)nc(C2CCCN(CC(C)C)C2)n1. The highest BCUT2D eigenvalue weighted by Crippen LogP contribution is 2.27. The monoisotopic (exact) mass is 313 g/mol. The molecule has 5 nitrogen and oxygen atoms in total. The minimum Gasteiger partial charge on any atom is -0.333 e. The summed E-state index contributed by atoms with van der Waals surface area (Å²) in [5, 5.41) is 0. The van der Waals surface area contributed by atoms with Crippen LogP contribution in [0.25, 0.3) is 11.5 Å². The van der Waals surface area contributed by atoms with Gasteiger partial charge in [-0.2, -0.15) is 0 Å².